The fraction of sp³-hybridized carbons (Fsp3) is 0.333. The number of hydrogen-bond donors (Lipinski definition) is 0. The highest BCUT2D eigenvalue weighted by Crippen LogP contribution is 2.15. The smallest absolute Gasteiger partial charge is 0.119 e. The van der Waals surface area contributed by atoms with Crippen LogP contribution in [0, 0.1) is 0 Å². The summed E-state index contributed by atoms with van der Waals surface area (Å²) in [6.07, 6.45) is 3.40. The minimum Gasteiger partial charge on any atom is -0.489 e. The average molecular weight is 221 g/mol. The number of hydrogen-bond acceptors (Lipinski definition) is 2. The van der Waals surface area contributed by atoms with Crippen molar-refractivity contribution in [2.45, 2.75) is 6.42 Å². The molecule has 0 radical (unpaired) electrons. The van der Waals surface area contributed by atoms with E-state index in [0.717, 1.165) is 25.3 Å². The van der Waals surface area contributed by atoms with Gasteiger partial charge in [0.15, 0.2) is 0 Å². The standard InChI is InChI=1S/C12H16NOP/c15-13-8-4-5-11(9-13)10-14-12-6-2-1-3-7-12/h1-3,5-7H,4,8-10,15H2. The summed E-state index contributed by atoms with van der Waals surface area (Å²) in [7, 11) is 2.75. The van der Waals surface area contributed by atoms with Gasteiger partial charge in [-0.2, -0.15) is 0 Å². The Balaban J connectivity index is 1.86. The van der Waals surface area contributed by atoms with Crippen molar-refractivity contribution in [3.8, 4) is 5.75 Å². The monoisotopic (exact) mass is 221 g/mol. The van der Waals surface area contributed by atoms with E-state index in [9.17, 15) is 0 Å². The molecule has 0 saturated heterocycles. The van der Waals surface area contributed by atoms with E-state index in [-0.39, 0.29) is 0 Å². The van der Waals surface area contributed by atoms with Crippen LogP contribution in [-0.2, 0) is 0 Å². The van der Waals surface area contributed by atoms with Gasteiger partial charge in [0.1, 0.15) is 12.4 Å². The minimum absolute atomic E-state index is 0.703. The second kappa shape index (κ2) is 5.29. The highest BCUT2D eigenvalue weighted by Gasteiger charge is 2.08. The van der Waals surface area contributed by atoms with Gasteiger partial charge in [-0.25, -0.2) is 0 Å². The Bertz CT molecular complexity index is 337. The van der Waals surface area contributed by atoms with Gasteiger partial charge in [0, 0.05) is 13.1 Å². The molecule has 0 amide bonds. The molecule has 1 unspecified atom stereocenters. The van der Waals surface area contributed by atoms with Gasteiger partial charge >= 0.3 is 0 Å². The van der Waals surface area contributed by atoms with Crippen LogP contribution in [0.15, 0.2) is 42.0 Å². The zero-order chi connectivity index (χ0) is 10.5. The first-order valence-electron chi connectivity index (χ1n) is 5.20. The fourth-order valence-corrected chi connectivity index (χ4v) is 2.02. The predicted molar refractivity (Wildman–Crippen MR) is 65.9 cm³/mol. The van der Waals surface area contributed by atoms with E-state index in [1.165, 1.54) is 5.57 Å². The molecule has 0 fully saturated rings. The van der Waals surface area contributed by atoms with Crippen molar-refractivity contribution < 1.29 is 4.74 Å². The maximum Gasteiger partial charge on any atom is 0.119 e. The fourth-order valence-electron chi connectivity index (χ4n) is 1.64. The lowest BCUT2D eigenvalue weighted by atomic mass is 10.1. The maximum atomic E-state index is 5.69. The largest absolute Gasteiger partial charge is 0.489 e. The van der Waals surface area contributed by atoms with Crippen LogP contribution < -0.4 is 4.74 Å². The van der Waals surface area contributed by atoms with E-state index in [1.807, 2.05) is 30.3 Å². The third-order valence-electron chi connectivity index (χ3n) is 2.42. The summed E-state index contributed by atoms with van der Waals surface area (Å²) in [5.74, 6) is 0.944. The van der Waals surface area contributed by atoms with Crippen molar-refractivity contribution in [3.05, 3.63) is 42.0 Å². The van der Waals surface area contributed by atoms with Crippen molar-refractivity contribution in [2.24, 2.45) is 0 Å². The van der Waals surface area contributed by atoms with Crippen molar-refractivity contribution in [2.75, 3.05) is 19.7 Å². The van der Waals surface area contributed by atoms with Crippen LogP contribution >= 0.6 is 9.39 Å². The summed E-state index contributed by atoms with van der Waals surface area (Å²) in [4.78, 5) is 0. The lowest BCUT2D eigenvalue weighted by Gasteiger charge is -2.22. The van der Waals surface area contributed by atoms with E-state index >= 15 is 0 Å². The van der Waals surface area contributed by atoms with E-state index in [4.69, 9.17) is 4.74 Å². The van der Waals surface area contributed by atoms with Crippen molar-refractivity contribution in [1.29, 1.82) is 0 Å². The Kier molecular flexibility index (Phi) is 3.76. The summed E-state index contributed by atoms with van der Waals surface area (Å²) in [5.41, 5.74) is 1.36. The topological polar surface area (TPSA) is 12.5 Å². The zero-order valence-corrected chi connectivity index (χ0v) is 9.88. The van der Waals surface area contributed by atoms with Crippen molar-refractivity contribution >= 4 is 9.39 Å². The minimum atomic E-state index is 0.703. The molecule has 80 valence electrons. The quantitative estimate of drug-likeness (QED) is 0.574. The number of benzene rings is 1. The molecule has 1 aromatic carbocycles. The molecule has 1 aliphatic rings. The molecule has 3 heteroatoms. The van der Waals surface area contributed by atoms with Gasteiger partial charge in [0.25, 0.3) is 0 Å². The first-order chi connectivity index (χ1) is 7.34. The molecule has 0 bridgehead atoms. The second-order valence-corrected chi connectivity index (χ2v) is 4.45. The molecule has 2 rings (SSSR count). The Morgan fingerprint density at radius 3 is 2.80 bits per heavy atom. The van der Waals surface area contributed by atoms with E-state index in [1.54, 1.807) is 0 Å². The first kappa shape index (κ1) is 10.7. The SMILES string of the molecule is PN1CCC=C(COc2ccccc2)C1. The maximum absolute atomic E-state index is 5.69. The molecule has 1 atom stereocenters. The van der Waals surface area contributed by atoms with Crippen LogP contribution in [-0.4, -0.2) is 24.4 Å². The summed E-state index contributed by atoms with van der Waals surface area (Å²) in [6.45, 7) is 2.83. The molecule has 0 spiro atoms. The van der Waals surface area contributed by atoms with Crippen LogP contribution in [0.5, 0.6) is 5.75 Å². The van der Waals surface area contributed by atoms with Gasteiger partial charge < -0.3 is 4.74 Å². The summed E-state index contributed by atoms with van der Waals surface area (Å²) in [6, 6.07) is 9.96. The van der Waals surface area contributed by atoms with Crippen LogP contribution in [0.3, 0.4) is 0 Å². The van der Waals surface area contributed by atoms with Crippen LogP contribution in [0.1, 0.15) is 6.42 Å². The third-order valence-corrected chi connectivity index (χ3v) is 2.86. The van der Waals surface area contributed by atoms with Crippen LogP contribution in [0.25, 0.3) is 0 Å². The van der Waals surface area contributed by atoms with Crippen molar-refractivity contribution in [1.82, 2.24) is 4.67 Å². The summed E-state index contributed by atoms with van der Waals surface area (Å²) in [5, 5.41) is 0. The molecular weight excluding hydrogens is 205 g/mol. The van der Waals surface area contributed by atoms with Crippen LogP contribution in [0.2, 0.25) is 0 Å². The molecule has 0 aromatic heterocycles. The molecule has 0 N–H and O–H groups in total. The molecule has 1 aliphatic heterocycles. The lowest BCUT2D eigenvalue weighted by Crippen LogP contribution is -2.22. The van der Waals surface area contributed by atoms with Gasteiger partial charge in [0.2, 0.25) is 0 Å². The van der Waals surface area contributed by atoms with Gasteiger partial charge in [-0.15, -0.1) is 0 Å². The average Bonchev–Trinajstić information content (AvgIpc) is 2.28. The number of nitrogens with zero attached hydrogens (tertiary/aromatic N) is 1. The predicted octanol–water partition coefficient (Wildman–Crippen LogP) is 2.49. The van der Waals surface area contributed by atoms with E-state index < -0.39 is 0 Å². The molecule has 1 heterocycles. The van der Waals surface area contributed by atoms with Gasteiger partial charge in [-0.1, -0.05) is 33.7 Å². The van der Waals surface area contributed by atoms with Gasteiger partial charge in [-0.05, 0) is 24.1 Å². The molecular formula is C12H16NOP. The van der Waals surface area contributed by atoms with Crippen molar-refractivity contribution in [3.63, 3.8) is 0 Å². The normalized spacial score (nSPS) is 17.3. The van der Waals surface area contributed by atoms with Crippen LogP contribution in [0.4, 0.5) is 0 Å². The Morgan fingerprint density at radius 1 is 1.27 bits per heavy atom. The molecule has 2 nitrogen and oxygen atoms in total. The molecule has 1 aromatic rings. The highest BCUT2D eigenvalue weighted by molar-refractivity contribution is 7.13. The molecule has 15 heavy (non-hydrogen) atoms. The van der Waals surface area contributed by atoms with Gasteiger partial charge in [-0.3, -0.25) is 4.67 Å². The number of ether oxygens (including phenoxy) is 1. The van der Waals surface area contributed by atoms with E-state index in [2.05, 4.69) is 20.1 Å². The van der Waals surface area contributed by atoms with E-state index in [0.29, 0.717) is 6.61 Å². The zero-order valence-electron chi connectivity index (χ0n) is 8.73. The first-order valence-corrected chi connectivity index (χ1v) is 5.71. The number of para-hydroxylation sites is 1. The Morgan fingerprint density at radius 2 is 2.07 bits per heavy atom. The Labute approximate surface area is 93.2 Å². The molecule has 0 saturated carbocycles. The third kappa shape index (κ3) is 3.33. The summed E-state index contributed by atoms with van der Waals surface area (Å²) < 4.78 is 7.93. The lowest BCUT2D eigenvalue weighted by molar-refractivity contribution is 0.334. The highest BCUT2D eigenvalue weighted by atomic mass is 31.0. The summed E-state index contributed by atoms with van der Waals surface area (Å²) >= 11 is 0. The second-order valence-electron chi connectivity index (χ2n) is 3.72. The van der Waals surface area contributed by atoms with Gasteiger partial charge in [0.05, 0.1) is 0 Å². The Hall–Kier alpha value is -0.850. The molecule has 0 aliphatic carbocycles. The number of rotatable bonds is 3.